The Labute approximate surface area is 167 Å². The molecule has 1 aromatic carbocycles. The number of hydrogen-bond donors (Lipinski definition) is 0. The summed E-state index contributed by atoms with van der Waals surface area (Å²) in [5.74, 6) is 0.736. The largest absolute Gasteiger partial charge is 0.496 e. The molecule has 0 unspecified atom stereocenters. The van der Waals surface area contributed by atoms with Gasteiger partial charge in [-0.2, -0.15) is 0 Å². The van der Waals surface area contributed by atoms with Gasteiger partial charge in [-0.3, -0.25) is 9.59 Å². The summed E-state index contributed by atoms with van der Waals surface area (Å²) in [6, 6.07) is 1.76. The maximum atomic E-state index is 12.6. The average molecular weight is 386 g/mol. The summed E-state index contributed by atoms with van der Waals surface area (Å²) in [4.78, 5) is 25.0. The standard InChI is InChI=1S/C23H30O5/c1-14(2)7-10-19(28-12-11-15(3)4)16-13-20(26-5)21-17(24)8-9-18(25)22(21)23(16)27-6/h7-9,13,15,19H,10-12H2,1-6H3/t19-/m1/s1. The fourth-order valence-corrected chi connectivity index (χ4v) is 3.15. The van der Waals surface area contributed by atoms with Gasteiger partial charge in [0.2, 0.25) is 0 Å². The molecule has 28 heavy (non-hydrogen) atoms. The van der Waals surface area contributed by atoms with Gasteiger partial charge in [0.1, 0.15) is 11.5 Å². The van der Waals surface area contributed by atoms with Crippen molar-refractivity contribution in [1.82, 2.24) is 0 Å². The lowest BCUT2D eigenvalue weighted by molar-refractivity contribution is 0.0457. The lowest BCUT2D eigenvalue weighted by Gasteiger charge is -2.25. The minimum atomic E-state index is -0.309. The number of hydrogen-bond acceptors (Lipinski definition) is 5. The quantitative estimate of drug-likeness (QED) is 0.553. The van der Waals surface area contributed by atoms with Crippen LogP contribution in [-0.4, -0.2) is 32.4 Å². The second kappa shape index (κ2) is 9.69. The van der Waals surface area contributed by atoms with Gasteiger partial charge in [0.15, 0.2) is 11.6 Å². The molecule has 0 aliphatic heterocycles. The minimum absolute atomic E-state index is 0.249. The molecular formula is C23H30O5. The zero-order valence-corrected chi connectivity index (χ0v) is 17.6. The molecule has 0 bridgehead atoms. The van der Waals surface area contributed by atoms with Crippen LogP contribution in [0.4, 0.5) is 0 Å². The molecular weight excluding hydrogens is 356 g/mol. The Morgan fingerprint density at radius 3 is 2.21 bits per heavy atom. The Bertz CT molecular complexity index is 798. The second-order valence-electron chi connectivity index (χ2n) is 7.57. The zero-order chi connectivity index (χ0) is 20.8. The topological polar surface area (TPSA) is 61.8 Å². The van der Waals surface area contributed by atoms with Crippen molar-refractivity contribution in [2.24, 2.45) is 5.92 Å². The summed E-state index contributed by atoms with van der Waals surface area (Å²) >= 11 is 0. The highest BCUT2D eigenvalue weighted by Gasteiger charge is 2.32. The first kappa shape index (κ1) is 21.9. The molecule has 0 saturated heterocycles. The number of carbonyl (C=O) groups is 2. The SMILES string of the molecule is COc1cc([C@@H](CC=C(C)C)OCCC(C)C)c(OC)c2c1C(=O)C=CC2=O. The molecule has 0 heterocycles. The second-order valence-corrected chi connectivity index (χ2v) is 7.57. The minimum Gasteiger partial charge on any atom is -0.496 e. The van der Waals surface area contributed by atoms with Crippen LogP contribution in [-0.2, 0) is 4.74 Å². The normalized spacial score (nSPS) is 14.1. The summed E-state index contributed by atoms with van der Waals surface area (Å²) in [6.45, 7) is 8.95. The number of allylic oxidation sites excluding steroid dienone is 3. The third-order valence-electron chi connectivity index (χ3n) is 4.68. The van der Waals surface area contributed by atoms with Crippen molar-refractivity contribution >= 4 is 11.6 Å². The van der Waals surface area contributed by atoms with Crippen molar-refractivity contribution in [3.8, 4) is 11.5 Å². The molecule has 1 aliphatic carbocycles. The molecule has 0 amide bonds. The maximum Gasteiger partial charge on any atom is 0.190 e. The Morgan fingerprint density at radius 1 is 1.04 bits per heavy atom. The third kappa shape index (κ3) is 4.90. The van der Waals surface area contributed by atoms with Crippen LogP contribution >= 0.6 is 0 Å². The summed E-state index contributed by atoms with van der Waals surface area (Å²) < 4.78 is 17.3. The molecule has 0 spiro atoms. The van der Waals surface area contributed by atoms with Crippen LogP contribution in [0, 0.1) is 5.92 Å². The highest BCUT2D eigenvalue weighted by molar-refractivity contribution is 6.24. The fourth-order valence-electron chi connectivity index (χ4n) is 3.15. The highest BCUT2D eigenvalue weighted by Crippen LogP contribution is 2.42. The van der Waals surface area contributed by atoms with Crippen molar-refractivity contribution in [3.63, 3.8) is 0 Å². The molecule has 1 aromatic rings. The zero-order valence-electron chi connectivity index (χ0n) is 17.6. The van der Waals surface area contributed by atoms with E-state index < -0.39 is 0 Å². The van der Waals surface area contributed by atoms with Crippen LogP contribution in [0.15, 0.2) is 29.9 Å². The van der Waals surface area contributed by atoms with E-state index in [0.29, 0.717) is 30.4 Å². The first-order chi connectivity index (χ1) is 13.3. The first-order valence-electron chi connectivity index (χ1n) is 9.60. The van der Waals surface area contributed by atoms with Crippen LogP contribution in [0.3, 0.4) is 0 Å². The van der Waals surface area contributed by atoms with Gasteiger partial charge in [-0.1, -0.05) is 25.5 Å². The van der Waals surface area contributed by atoms with Crippen LogP contribution in [0.5, 0.6) is 11.5 Å². The lowest BCUT2D eigenvalue weighted by Crippen LogP contribution is -2.18. The van der Waals surface area contributed by atoms with Gasteiger partial charge in [-0.15, -0.1) is 0 Å². The predicted molar refractivity (Wildman–Crippen MR) is 110 cm³/mol. The fraction of sp³-hybridized carbons (Fsp3) is 0.478. The smallest absolute Gasteiger partial charge is 0.190 e. The number of benzene rings is 1. The van der Waals surface area contributed by atoms with E-state index in [1.54, 1.807) is 6.07 Å². The Morgan fingerprint density at radius 2 is 1.68 bits per heavy atom. The molecule has 5 nitrogen and oxygen atoms in total. The van der Waals surface area contributed by atoms with E-state index in [2.05, 4.69) is 19.9 Å². The van der Waals surface area contributed by atoms with Gasteiger partial charge >= 0.3 is 0 Å². The van der Waals surface area contributed by atoms with Gasteiger partial charge in [0.25, 0.3) is 0 Å². The number of fused-ring (bicyclic) bond motifs is 1. The molecule has 0 N–H and O–H groups in total. The van der Waals surface area contributed by atoms with Crippen LogP contribution < -0.4 is 9.47 Å². The van der Waals surface area contributed by atoms with E-state index in [1.165, 1.54) is 31.9 Å². The van der Waals surface area contributed by atoms with Crippen LogP contribution in [0.25, 0.3) is 0 Å². The van der Waals surface area contributed by atoms with Crippen molar-refractivity contribution in [2.45, 2.75) is 46.6 Å². The van der Waals surface area contributed by atoms with Gasteiger partial charge in [-0.25, -0.2) is 0 Å². The van der Waals surface area contributed by atoms with Crippen molar-refractivity contribution < 1.29 is 23.8 Å². The Kier molecular flexibility index (Phi) is 7.58. The van der Waals surface area contributed by atoms with E-state index in [4.69, 9.17) is 14.2 Å². The number of ketones is 2. The van der Waals surface area contributed by atoms with Crippen LogP contribution in [0.1, 0.15) is 72.9 Å². The molecule has 1 atom stereocenters. The molecule has 0 radical (unpaired) electrons. The molecule has 1 aliphatic rings. The number of carbonyl (C=O) groups excluding carboxylic acids is 2. The predicted octanol–water partition coefficient (Wildman–Crippen LogP) is 5.10. The molecule has 0 aromatic heterocycles. The number of rotatable bonds is 9. The van der Waals surface area contributed by atoms with Crippen molar-refractivity contribution in [1.29, 1.82) is 0 Å². The molecule has 2 rings (SSSR count). The third-order valence-corrected chi connectivity index (χ3v) is 4.68. The molecule has 5 heteroatoms. The average Bonchev–Trinajstić information content (AvgIpc) is 2.65. The lowest BCUT2D eigenvalue weighted by atomic mass is 9.88. The molecule has 152 valence electrons. The van der Waals surface area contributed by atoms with Gasteiger partial charge in [0, 0.05) is 12.2 Å². The summed E-state index contributed by atoms with van der Waals surface area (Å²) in [6.07, 6.45) is 5.90. The van der Waals surface area contributed by atoms with E-state index >= 15 is 0 Å². The highest BCUT2D eigenvalue weighted by atomic mass is 16.5. The molecule has 0 fully saturated rings. The van der Waals surface area contributed by atoms with Gasteiger partial charge in [-0.05, 0) is 50.8 Å². The van der Waals surface area contributed by atoms with Crippen molar-refractivity contribution in [2.75, 3.05) is 20.8 Å². The monoisotopic (exact) mass is 386 g/mol. The van der Waals surface area contributed by atoms with E-state index in [-0.39, 0.29) is 28.8 Å². The Balaban J connectivity index is 2.58. The van der Waals surface area contributed by atoms with Gasteiger partial charge < -0.3 is 14.2 Å². The summed E-state index contributed by atoms with van der Waals surface area (Å²) in [5, 5.41) is 0. The number of methoxy groups -OCH3 is 2. The first-order valence-corrected chi connectivity index (χ1v) is 9.60. The van der Waals surface area contributed by atoms with E-state index in [9.17, 15) is 9.59 Å². The Hall–Kier alpha value is -2.40. The maximum absolute atomic E-state index is 12.6. The molecule has 0 saturated carbocycles. The summed E-state index contributed by atoms with van der Waals surface area (Å²) in [7, 11) is 3.00. The number of ether oxygens (including phenoxy) is 3. The van der Waals surface area contributed by atoms with Gasteiger partial charge in [0.05, 0.1) is 31.5 Å². The van der Waals surface area contributed by atoms with E-state index in [0.717, 1.165) is 12.0 Å². The van der Waals surface area contributed by atoms with Crippen molar-refractivity contribution in [3.05, 3.63) is 46.6 Å². The van der Waals surface area contributed by atoms with E-state index in [1.807, 2.05) is 13.8 Å². The summed E-state index contributed by atoms with van der Waals surface area (Å²) in [5.41, 5.74) is 2.39. The van der Waals surface area contributed by atoms with Crippen LogP contribution in [0.2, 0.25) is 0 Å².